The molecule has 1 unspecified atom stereocenters. The van der Waals surface area contributed by atoms with Crippen LogP contribution in [-0.4, -0.2) is 24.3 Å². The highest BCUT2D eigenvalue weighted by molar-refractivity contribution is 9.10. The summed E-state index contributed by atoms with van der Waals surface area (Å²) in [6, 6.07) is 4.65. The van der Waals surface area contributed by atoms with E-state index in [0.717, 1.165) is 18.4 Å². The predicted octanol–water partition coefficient (Wildman–Crippen LogP) is 5.41. The average molecular weight is 457 g/mol. The van der Waals surface area contributed by atoms with Crippen molar-refractivity contribution in [3.8, 4) is 0 Å². The Hall–Kier alpha value is -1.52. The van der Waals surface area contributed by atoms with Crippen molar-refractivity contribution in [1.29, 1.82) is 0 Å². The van der Waals surface area contributed by atoms with E-state index in [0.29, 0.717) is 5.57 Å². The Morgan fingerprint density at radius 3 is 2.50 bits per heavy atom. The third-order valence-corrected chi connectivity index (χ3v) is 8.51. The molecule has 1 atom stereocenters. The van der Waals surface area contributed by atoms with Crippen molar-refractivity contribution in [1.82, 2.24) is 0 Å². The van der Waals surface area contributed by atoms with E-state index < -0.39 is 8.41 Å². The second-order valence-electron chi connectivity index (χ2n) is 9.00. The van der Waals surface area contributed by atoms with E-state index >= 15 is 0 Å². The third-order valence-electron chi connectivity index (χ3n) is 5.69. The zero-order chi connectivity index (χ0) is 20.8. The molecule has 1 amide bonds. The van der Waals surface area contributed by atoms with Crippen LogP contribution in [0, 0.1) is 0 Å². The highest BCUT2D eigenvalue weighted by Crippen LogP contribution is 2.40. The molecule has 0 saturated heterocycles. The van der Waals surface area contributed by atoms with Crippen molar-refractivity contribution >= 4 is 47.1 Å². The van der Waals surface area contributed by atoms with E-state index in [1.54, 1.807) is 0 Å². The molecule has 1 aromatic rings. The van der Waals surface area contributed by atoms with Gasteiger partial charge in [-0.1, -0.05) is 92.7 Å². The number of carbonyl (C=O) groups is 1. The van der Waals surface area contributed by atoms with Gasteiger partial charge in [-0.3, -0.25) is 4.79 Å². The number of amides is 1. The second-order valence-corrected chi connectivity index (χ2v) is 12.5. The van der Waals surface area contributed by atoms with Crippen molar-refractivity contribution in [3.05, 3.63) is 57.7 Å². The fourth-order valence-corrected chi connectivity index (χ4v) is 7.24. The largest absolute Gasteiger partial charge is 0.366 e. The summed E-state index contributed by atoms with van der Waals surface area (Å²) in [6.45, 7) is 13.5. The van der Waals surface area contributed by atoms with Crippen LogP contribution in [0.2, 0.25) is 13.1 Å². The molecular formula is C24H30BrNOSi. The molecule has 4 heteroatoms. The molecule has 2 nitrogen and oxygen atoms in total. The Bertz CT molecular complexity index is 969. The van der Waals surface area contributed by atoms with E-state index in [9.17, 15) is 4.79 Å². The summed E-state index contributed by atoms with van der Waals surface area (Å²) in [5, 5.41) is 1.33. The molecule has 1 aromatic carbocycles. The summed E-state index contributed by atoms with van der Waals surface area (Å²) in [6.07, 6.45) is 8.31. The number of carbonyl (C=O) groups excluding carboxylic acids is 1. The molecule has 2 aliphatic rings. The molecule has 0 bridgehead atoms. The van der Waals surface area contributed by atoms with Gasteiger partial charge in [0.1, 0.15) is 0 Å². The number of allylic oxidation sites excluding steroid dienone is 3. The first-order valence-corrected chi connectivity index (χ1v) is 13.4. The summed E-state index contributed by atoms with van der Waals surface area (Å²) in [5.74, 6) is -0.344. The number of benzene rings is 1. The third kappa shape index (κ3) is 3.81. The molecule has 0 saturated carbocycles. The van der Waals surface area contributed by atoms with Crippen LogP contribution >= 0.6 is 15.9 Å². The topological polar surface area (TPSA) is 43.1 Å². The fraction of sp³-hybridized carbons (Fsp3) is 0.417. The highest BCUT2D eigenvalue weighted by atomic mass is 79.9. The van der Waals surface area contributed by atoms with Gasteiger partial charge in [-0.15, -0.1) is 0 Å². The minimum absolute atomic E-state index is 0.0325. The van der Waals surface area contributed by atoms with Gasteiger partial charge >= 0.3 is 0 Å². The maximum atomic E-state index is 12.4. The van der Waals surface area contributed by atoms with Gasteiger partial charge in [-0.05, 0) is 51.3 Å². The minimum atomic E-state index is -0.792. The molecule has 0 spiro atoms. The first-order valence-electron chi connectivity index (χ1n) is 9.95. The zero-order valence-corrected chi connectivity index (χ0v) is 20.3. The molecule has 0 aromatic heterocycles. The lowest BCUT2D eigenvalue weighted by atomic mass is 9.80. The van der Waals surface area contributed by atoms with Gasteiger partial charge in [0.05, 0.1) is 4.83 Å². The molecule has 3 rings (SSSR count). The number of hydrogen-bond acceptors (Lipinski definition) is 1. The minimum Gasteiger partial charge on any atom is -0.366 e. The zero-order valence-electron chi connectivity index (χ0n) is 17.7. The molecule has 148 valence electrons. The number of fused-ring (bicyclic) bond motifs is 1. The summed E-state index contributed by atoms with van der Waals surface area (Å²) >= 11 is 3.84. The number of halogens is 1. The molecular weight excluding hydrogens is 426 g/mol. The number of nitrogens with two attached hydrogens (primary N) is 1. The SMILES string of the molecule is CCC1=Cc2cc(C(C)(C)C)cc(C3=C(C(N)=O)C=CC(Br)C3=[Si](C)C)c2C1. The van der Waals surface area contributed by atoms with E-state index in [2.05, 4.69) is 81.0 Å². The molecule has 2 N–H and O–H groups in total. The van der Waals surface area contributed by atoms with Gasteiger partial charge in [0.25, 0.3) is 0 Å². The fourth-order valence-electron chi connectivity index (χ4n) is 4.07. The van der Waals surface area contributed by atoms with Crippen molar-refractivity contribution in [2.45, 2.75) is 63.9 Å². The molecule has 0 heterocycles. The van der Waals surface area contributed by atoms with Crippen molar-refractivity contribution in [2.24, 2.45) is 5.73 Å². The van der Waals surface area contributed by atoms with Crippen molar-refractivity contribution in [3.63, 3.8) is 0 Å². The Kier molecular flexibility index (Phi) is 5.84. The molecule has 2 aliphatic carbocycles. The second kappa shape index (κ2) is 7.72. The Labute approximate surface area is 179 Å². The van der Waals surface area contributed by atoms with Crippen LogP contribution < -0.4 is 5.73 Å². The van der Waals surface area contributed by atoms with Crippen molar-refractivity contribution in [2.75, 3.05) is 0 Å². The Morgan fingerprint density at radius 1 is 1.29 bits per heavy atom. The summed E-state index contributed by atoms with van der Waals surface area (Å²) in [4.78, 5) is 12.6. The van der Waals surface area contributed by atoms with Gasteiger partial charge in [0.15, 0.2) is 0 Å². The molecule has 0 aliphatic heterocycles. The Balaban J connectivity index is 2.39. The number of alkyl halides is 1. The lowest BCUT2D eigenvalue weighted by Crippen LogP contribution is -2.29. The summed E-state index contributed by atoms with van der Waals surface area (Å²) in [5.41, 5.74) is 14.2. The molecule has 0 radical (unpaired) electrons. The van der Waals surface area contributed by atoms with E-state index in [1.807, 2.05) is 6.08 Å². The van der Waals surface area contributed by atoms with Crippen LogP contribution in [0.5, 0.6) is 0 Å². The highest BCUT2D eigenvalue weighted by Gasteiger charge is 2.30. The first-order chi connectivity index (χ1) is 13.0. The Morgan fingerprint density at radius 2 is 1.96 bits per heavy atom. The van der Waals surface area contributed by atoms with Gasteiger partial charge in [-0.2, -0.15) is 0 Å². The lowest BCUT2D eigenvalue weighted by molar-refractivity contribution is -0.114. The maximum absolute atomic E-state index is 12.4. The van der Waals surface area contributed by atoms with Gasteiger partial charge in [-0.25, -0.2) is 0 Å². The van der Waals surface area contributed by atoms with Gasteiger partial charge < -0.3 is 5.73 Å². The maximum Gasteiger partial charge on any atom is 0.249 e. The number of hydrogen-bond donors (Lipinski definition) is 1. The van der Waals surface area contributed by atoms with Gasteiger partial charge in [0.2, 0.25) is 5.91 Å². The molecule has 28 heavy (non-hydrogen) atoms. The molecule has 0 fully saturated rings. The quantitative estimate of drug-likeness (QED) is 0.479. The van der Waals surface area contributed by atoms with E-state index in [-0.39, 0.29) is 16.1 Å². The van der Waals surface area contributed by atoms with Crippen LogP contribution in [0.15, 0.2) is 35.4 Å². The van der Waals surface area contributed by atoms with Crippen LogP contribution in [-0.2, 0) is 16.6 Å². The smallest absolute Gasteiger partial charge is 0.249 e. The summed E-state index contributed by atoms with van der Waals surface area (Å²) in [7, 11) is -0.792. The van der Waals surface area contributed by atoms with Crippen LogP contribution in [0.3, 0.4) is 0 Å². The van der Waals surface area contributed by atoms with Crippen molar-refractivity contribution < 1.29 is 4.79 Å². The van der Waals surface area contributed by atoms with Crippen LogP contribution in [0.1, 0.15) is 56.4 Å². The summed E-state index contributed by atoms with van der Waals surface area (Å²) < 4.78 is 0. The first kappa shape index (κ1) is 21.2. The predicted molar refractivity (Wildman–Crippen MR) is 128 cm³/mol. The standard InChI is InChI=1S/C24H30BrNOSi/c1-7-14-10-15-12-16(24(2,3)4)13-19(18(15)11-14)21-17(23(26)27)8-9-20(25)22(21)28(5)6/h8-10,12-13,20H,7,11H2,1-6H3,(H2,26,27). The van der Waals surface area contributed by atoms with Gasteiger partial charge in [0, 0.05) is 14.0 Å². The van der Waals surface area contributed by atoms with E-state index in [1.165, 1.54) is 33.0 Å². The van der Waals surface area contributed by atoms with Crippen LogP contribution in [0.4, 0.5) is 0 Å². The average Bonchev–Trinajstić information content (AvgIpc) is 3.02. The number of rotatable bonds is 3. The van der Waals surface area contributed by atoms with E-state index in [4.69, 9.17) is 5.73 Å². The number of primary amides is 1. The lowest BCUT2D eigenvalue weighted by Gasteiger charge is -2.28. The van der Waals surface area contributed by atoms with Crippen LogP contribution in [0.25, 0.3) is 11.6 Å². The monoisotopic (exact) mass is 455 g/mol. The normalized spacial score (nSPS) is 19.0.